The van der Waals surface area contributed by atoms with Gasteiger partial charge < -0.3 is 30.9 Å². The third-order valence-corrected chi connectivity index (χ3v) is 15.7. The lowest BCUT2D eigenvalue weighted by molar-refractivity contribution is -0.146. The minimum atomic E-state index is -3.63. The van der Waals surface area contributed by atoms with Gasteiger partial charge >= 0.3 is 6.03 Å². The predicted molar refractivity (Wildman–Crippen MR) is 201 cm³/mol. The van der Waals surface area contributed by atoms with Crippen molar-refractivity contribution in [3.63, 3.8) is 0 Å². The van der Waals surface area contributed by atoms with Gasteiger partial charge in [0.15, 0.2) is 9.84 Å². The van der Waals surface area contributed by atoms with Gasteiger partial charge in [-0.3, -0.25) is 19.2 Å². The number of rotatable bonds is 14. The highest BCUT2D eigenvalue weighted by molar-refractivity contribution is 7.92. The number of amides is 5. The molecule has 5 fully saturated rings. The molecule has 53 heavy (non-hydrogen) atoms. The molecule has 5 unspecified atom stereocenters. The van der Waals surface area contributed by atoms with Crippen LogP contribution in [-0.2, 0) is 33.8 Å². The van der Waals surface area contributed by atoms with E-state index in [1.807, 2.05) is 27.7 Å². The third kappa shape index (κ3) is 9.22. The van der Waals surface area contributed by atoms with Gasteiger partial charge in [0, 0.05) is 25.8 Å². The quantitative estimate of drug-likeness (QED) is 0.193. The molecule has 3 saturated carbocycles. The number of hydrogen-bond acceptors (Lipinski definition) is 8. The number of Topliss-reactive ketones (excluding diaryl/α,β-unsaturated/α-hetero) is 1. The average molecular weight is 764 g/mol. The van der Waals surface area contributed by atoms with Crippen LogP contribution in [0.2, 0.25) is 0 Å². The van der Waals surface area contributed by atoms with Crippen LogP contribution in [0.25, 0.3) is 0 Å². The Morgan fingerprint density at radius 2 is 1.57 bits per heavy atom. The summed E-state index contributed by atoms with van der Waals surface area (Å²) < 4.78 is 32.4. The Morgan fingerprint density at radius 3 is 2.13 bits per heavy atom. The molecular weight excluding hydrogens is 699 g/mol. The first-order valence-corrected chi connectivity index (χ1v) is 21.7. The number of likely N-dealkylation sites (tertiary alicyclic amines) is 1. The molecule has 3 aliphatic carbocycles. The van der Waals surface area contributed by atoms with Gasteiger partial charge in [0.05, 0.1) is 22.1 Å². The second kappa shape index (κ2) is 15.8. The molecule has 2 saturated heterocycles. The maximum absolute atomic E-state index is 14.7. The predicted octanol–water partition coefficient (Wildman–Crippen LogP) is 3.78. The lowest BCUT2D eigenvalue weighted by atomic mass is 9.55. The number of ether oxygens (including phenoxy) is 1. The topological polar surface area (TPSA) is 180 Å². The number of nitrogens with one attached hydrogen (secondary N) is 4. The third-order valence-electron chi connectivity index (χ3n) is 12.8. The van der Waals surface area contributed by atoms with Crippen molar-refractivity contribution in [2.24, 2.45) is 22.7 Å². The fourth-order valence-corrected chi connectivity index (χ4v) is 11.6. The standard InChI is InChI=1S/C39H65N5O8S/c1-8-9-13-27(30(45)33(47)40-26-14-15-26)41-32(46)29-28-25(22-37(28,5)6)23-44(29)34(48)31(36(2,3)4)42-35(49)43-39(16-11-10-12-17-39)24-53(50,51)38(7)18-20-52-21-19-38/h25-29,31H,8-24H2,1-7H3,(H,40,47)(H,41,46)(H2,42,43,49). The van der Waals surface area contributed by atoms with E-state index in [0.717, 1.165) is 44.9 Å². The second-order valence-corrected chi connectivity index (χ2v) is 21.3. The van der Waals surface area contributed by atoms with Crippen LogP contribution in [0.4, 0.5) is 4.79 Å². The molecule has 0 spiro atoms. The number of fused-ring (bicyclic) bond motifs is 1. The molecular formula is C39H65N5O8S. The van der Waals surface area contributed by atoms with Crippen molar-refractivity contribution in [1.82, 2.24) is 26.2 Å². The van der Waals surface area contributed by atoms with Crippen LogP contribution in [0.1, 0.15) is 132 Å². The highest BCUT2D eigenvalue weighted by Gasteiger charge is 2.61. The molecule has 4 N–H and O–H groups in total. The number of sulfone groups is 1. The maximum Gasteiger partial charge on any atom is 0.315 e. The molecule has 2 aliphatic heterocycles. The largest absolute Gasteiger partial charge is 0.381 e. The summed E-state index contributed by atoms with van der Waals surface area (Å²) in [6, 6.07) is -3.54. The molecule has 0 radical (unpaired) electrons. The van der Waals surface area contributed by atoms with Gasteiger partial charge in [-0.25, -0.2) is 13.2 Å². The normalized spacial score (nSPS) is 27.3. The zero-order valence-electron chi connectivity index (χ0n) is 33.1. The average Bonchev–Trinajstić information content (AvgIpc) is 3.82. The Morgan fingerprint density at radius 1 is 0.925 bits per heavy atom. The molecule has 5 atom stereocenters. The Balaban J connectivity index is 1.35. The van der Waals surface area contributed by atoms with Crippen LogP contribution in [0.3, 0.4) is 0 Å². The first-order chi connectivity index (χ1) is 24.7. The summed E-state index contributed by atoms with van der Waals surface area (Å²) in [4.78, 5) is 70.7. The van der Waals surface area contributed by atoms with Crippen LogP contribution < -0.4 is 21.3 Å². The van der Waals surface area contributed by atoms with Crippen molar-refractivity contribution in [2.45, 2.75) is 166 Å². The van der Waals surface area contributed by atoms with Crippen LogP contribution in [-0.4, -0.2) is 103 Å². The monoisotopic (exact) mass is 763 g/mol. The van der Waals surface area contributed by atoms with Gasteiger partial charge in [-0.05, 0) is 81.0 Å². The van der Waals surface area contributed by atoms with E-state index in [-0.39, 0.29) is 29.0 Å². The first kappa shape index (κ1) is 41.4. The molecule has 2 heterocycles. The molecule has 0 aromatic carbocycles. The number of ketones is 1. The number of carbonyl (C=O) groups is 5. The molecule has 0 aromatic heterocycles. The van der Waals surface area contributed by atoms with E-state index in [1.54, 1.807) is 11.8 Å². The Kier molecular flexibility index (Phi) is 12.3. The zero-order chi connectivity index (χ0) is 39.0. The molecule has 300 valence electrons. The molecule has 13 nitrogen and oxygen atoms in total. The van der Waals surface area contributed by atoms with Gasteiger partial charge in [-0.15, -0.1) is 0 Å². The van der Waals surface area contributed by atoms with Crippen molar-refractivity contribution in [3.8, 4) is 0 Å². The summed E-state index contributed by atoms with van der Waals surface area (Å²) in [5.74, 6) is -2.49. The van der Waals surface area contributed by atoms with E-state index in [2.05, 4.69) is 35.1 Å². The van der Waals surface area contributed by atoms with Gasteiger partial charge in [0.25, 0.3) is 5.91 Å². The molecule has 0 aromatic rings. The molecule has 5 amide bonds. The second-order valence-electron chi connectivity index (χ2n) is 18.8. The van der Waals surface area contributed by atoms with E-state index < -0.39 is 73.2 Å². The molecule has 14 heteroatoms. The molecule has 5 aliphatic rings. The number of carbonyl (C=O) groups excluding carboxylic acids is 5. The highest BCUT2D eigenvalue weighted by atomic mass is 32.2. The van der Waals surface area contributed by atoms with Crippen LogP contribution >= 0.6 is 0 Å². The summed E-state index contributed by atoms with van der Waals surface area (Å²) in [6.07, 6.45) is 8.58. The van der Waals surface area contributed by atoms with E-state index in [0.29, 0.717) is 58.3 Å². The van der Waals surface area contributed by atoms with Crippen LogP contribution in [0.15, 0.2) is 0 Å². The summed E-state index contributed by atoms with van der Waals surface area (Å²) >= 11 is 0. The SMILES string of the molecule is CCCCC(NC(=O)C1C2C(CN1C(=O)C(NC(=O)NC1(CS(=O)(=O)C3(C)CCOCC3)CCCCC1)C(C)(C)C)CC2(C)C)C(=O)C(=O)NC1CC1. The van der Waals surface area contributed by atoms with Gasteiger partial charge in [-0.1, -0.05) is 73.6 Å². The molecule has 0 bridgehead atoms. The summed E-state index contributed by atoms with van der Waals surface area (Å²) in [7, 11) is -3.63. The zero-order valence-corrected chi connectivity index (χ0v) is 33.9. The summed E-state index contributed by atoms with van der Waals surface area (Å²) in [5.41, 5.74) is -1.98. The summed E-state index contributed by atoms with van der Waals surface area (Å²) in [5, 5.41) is 11.7. The smallest absolute Gasteiger partial charge is 0.315 e. The summed E-state index contributed by atoms with van der Waals surface area (Å²) in [6.45, 7) is 14.6. The fourth-order valence-electron chi connectivity index (χ4n) is 9.36. The minimum absolute atomic E-state index is 0.000145. The van der Waals surface area contributed by atoms with Crippen LogP contribution in [0.5, 0.6) is 0 Å². The lowest BCUT2D eigenvalue weighted by Crippen LogP contribution is -2.64. The number of nitrogens with zero attached hydrogens (tertiary/aromatic N) is 1. The van der Waals surface area contributed by atoms with Crippen molar-refractivity contribution >= 4 is 39.4 Å². The Bertz CT molecular complexity index is 1510. The Hall–Kier alpha value is -2.74. The van der Waals surface area contributed by atoms with E-state index in [9.17, 15) is 32.4 Å². The highest BCUT2D eigenvalue weighted by Crippen LogP contribution is 2.57. The van der Waals surface area contributed by atoms with Gasteiger partial charge in [0.2, 0.25) is 17.6 Å². The van der Waals surface area contributed by atoms with Gasteiger partial charge in [0.1, 0.15) is 12.1 Å². The fraction of sp³-hybridized carbons (Fsp3) is 0.872. The maximum atomic E-state index is 14.7. The van der Waals surface area contributed by atoms with Crippen molar-refractivity contribution in [2.75, 3.05) is 25.5 Å². The first-order valence-electron chi connectivity index (χ1n) is 20.1. The number of hydrogen-bond donors (Lipinski definition) is 4. The van der Waals surface area contributed by atoms with Crippen molar-refractivity contribution in [1.29, 1.82) is 0 Å². The Labute approximate surface area is 316 Å². The number of urea groups is 1. The lowest BCUT2D eigenvalue weighted by Gasteiger charge is -2.49. The van der Waals surface area contributed by atoms with Crippen LogP contribution in [0, 0.1) is 22.7 Å². The molecule has 5 rings (SSSR count). The van der Waals surface area contributed by atoms with Crippen molar-refractivity contribution in [3.05, 3.63) is 0 Å². The van der Waals surface area contributed by atoms with E-state index in [1.165, 1.54) is 0 Å². The minimum Gasteiger partial charge on any atom is -0.381 e. The van der Waals surface area contributed by atoms with E-state index in [4.69, 9.17) is 4.74 Å². The number of unbranched alkanes of at least 4 members (excludes halogenated alkanes) is 1. The van der Waals surface area contributed by atoms with Crippen molar-refractivity contribution < 1.29 is 37.1 Å². The van der Waals surface area contributed by atoms with E-state index >= 15 is 0 Å². The van der Waals surface area contributed by atoms with Gasteiger partial charge in [-0.2, -0.15) is 0 Å².